The highest BCUT2D eigenvalue weighted by Crippen LogP contribution is 2.29. The maximum atomic E-state index is 12.2. The van der Waals surface area contributed by atoms with E-state index < -0.39 is 9.84 Å². The molecule has 2 N–H and O–H groups in total. The Bertz CT molecular complexity index is 671. The Kier molecular flexibility index (Phi) is 6.62. The van der Waals surface area contributed by atoms with Crippen LogP contribution in [-0.2, 0) is 19.4 Å². The van der Waals surface area contributed by atoms with Gasteiger partial charge in [0.05, 0.1) is 17.3 Å². The van der Waals surface area contributed by atoms with Gasteiger partial charge in [-0.3, -0.25) is 4.79 Å². The van der Waals surface area contributed by atoms with Crippen LogP contribution in [0.4, 0.5) is 0 Å². The van der Waals surface area contributed by atoms with E-state index in [9.17, 15) is 18.3 Å². The van der Waals surface area contributed by atoms with Crippen LogP contribution < -0.4 is 5.32 Å². The third kappa shape index (κ3) is 5.17. The molecule has 1 aliphatic heterocycles. The SMILES string of the molecule is O=C(CCS(=O)(=O)c1cccc(Cl)c1)NCC1(CO)CCOCC1. The van der Waals surface area contributed by atoms with Crippen molar-refractivity contribution in [3.05, 3.63) is 29.3 Å². The molecular formula is C16H22ClNO5S. The highest BCUT2D eigenvalue weighted by atomic mass is 35.5. The van der Waals surface area contributed by atoms with Crippen molar-refractivity contribution in [1.82, 2.24) is 5.32 Å². The van der Waals surface area contributed by atoms with Gasteiger partial charge < -0.3 is 15.2 Å². The van der Waals surface area contributed by atoms with Crippen LogP contribution in [0.15, 0.2) is 29.2 Å². The van der Waals surface area contributed by atoms with Gasteiger partial charge in [-0.2, -0.15) is 0 Å². The van der Waals surface area contributed by atoms with Crippen molar-refractivity contribution in [2.24, 2.45) is 5.41 Å². The first-order valence-electron chi connectivity index (χ1n) is 7.81. The van der Waals surface area contributed by atoms with Gasteiger partial charge >= 0.3 is 0 Å². The van der Waals surface area contributed by atoms with E-state index in [0.29, 0.717) is 37.6 Å². The number of amides is 1. The smallest absolute Gasteiger partial charge is 0.221 e. The van der Waals surface area contributed by atoms with Gasteiger partial charge in [0.15, 0.2) is 9.84 Å². The van der Waals surface area contributed by atoms with Gasteiger partial charge in [-0.1, -0.05) is 17.7 Å². The van der Waals surface area contributed by atoms with E-state index in [2.05, 4.69) is 5.32 Å². The van der Waals surface area contributed by atoms with Crippen molar-refractivity contribution >= 4 is 27.3 Å². The lowest BCUT2D eigenvalue weighted by Gasteiger charge is -2.35. The van der Waals surface area contributed by atoms with Crippen molar-refractivity contribution in [2.45, 2.75) is 24.2 Å². The lowest BCUT2D eigenvalue weighted by Crippen LogP contribution is -2.44. The Morgan fingerprint density at radius 2 is 2.04 bits per heavy atom. The molecule has 8 heteroatoms. The van der Waals surface area contributed by atoms with Crippen LogP contribution in [0, 0.1) is 5.41 Å². The molecule has 0 spiro atoms. The number of benzene rings is 1. The van der Waals surface area contributed by atoms with Gasteiger partial charge in [-0.05, 0) is 31.0 Å². The number of nitrogens with one attached hydrogen (secondary N) is 1. The van der Waals surface area contributed by atoms with Crippen molar-refractivity contribution in [3.63, 3.8) is 0 Å². The second-order valence-corrected chi connectivity index (χ2v) is 8.62. The monoisotopic (exact) mass is 375 g/mol. The van der Waals surface area contributed by atoms with Crippen LogP contribution in [0.25, 0.3) is 0 Å². The van der Waals surface area contributed by atoms with E-state index in [1.54, 1.807) is 12.1 Å². The number of sulfone groups is 1. The van der Waals surface area contributed by atoms with E-state index in [1.807, 2.05) is 0 Å². The summed E-state index contributed by atoms with van der Waals surface area (Å²) in [6.07, 6.45) is 1.21. The van der Waals surface area contributed by atoms with Crippen LogP contribution in [0.2, 0.25) is 5.02 Å². The van der Waals surface area contributed by atoms with Crippen molar-refractivity contribution in [2.75, 3.05) is 32.1 Å². The summed E-state index contributed by atoms with van der Waals surface area (Å²) >= 11 is 5.80. The summed E-state index contributed by atoms with van der Waals surface area (Å²) in [5, 5.41) is 12.6. The molecule has 0 radical (unpaired) electrons. The first kappa shape index (κ1) is 19.2. The van der Waals surface area contributed by atoms with Crippen LogP contribution in [0.1, 0.15) is 19.3 Å². The standard InChI is InChI=1S/C16H22ClNO5S/c17-13-2-1-3-14(10-13)24(21,22)9-4-15(20)18-11-16(12-19)5-7-23-8-6-16/h1-3,10,19H,4-9,11-12H2,(H,18,20). The quantitative estimate of drug-likeness (QED) is 0.751. The van der Waals surface area contributed by atoms with E-state index >= 15 is 0 Å². The minimum absolute atomic E-state index is 0.0303. The summed E-state index contributed by atoms with van der Waals surface area (Å²) < 4.78 is 29.7. The molecule has 1 aliphatic rings. The molecule has 1 fully saturated rings. The Hall–Kier alpha value is -1.15. The molecular weight excluding hydrogens is 354 g/mol. The third-order valence-corrected chi connectivity index (χ3v) is 6.25. The van der Waals surface area contributed by atoms with Crippen LogP contribution in [-0.4, -0.2) is 51.5 Å². The first-order chi connectivity index (χ1) is 11.4. The zero-order valence-corrected chi connectivity index (χ0v) is 14.9. The fourth-order valence-corrected chi connectivity index (χ4v) is 4.11. The molecule has 0 bridgehead atoms. The molecule has 0 unspecified atom stereocenters. The minimum atomic E-state index is -3.56. The van der Waals surface area contributed by atoms with Gasteiger partial charge in [0.1, 0.15) is 0 Å². The van der Waals surface area contributed by atoms with Gasteiger partial charge in [-0.25, -0.2) is 8.42 Å². The average molecular weight is 376 g/mol. The van der Waals surface area contributed by atoms with Gasteiger partial charge in [0.2, 0.25) is 5.91 Å². The van der Waals surface area contributed by atoms with Crippen molar-refractivity contribution in [1.29, 1.82) is 0 Å². The first-order valence-corrected chi connectivity index (χ1v) is 9.84. The molecule has 134 valence electrons. The fraction of sp³-hybridized carbons (Fsp3) is 0.562. The molecule has 0 aliphatic carbocycles. The minimum Gasteiger partial charge on any atom is -0.396 e. The Morgan fingerprint density at radius 3 is 2.67 bits per heavy atom. The third-order valence-electron chi connectivity index (χ3n) is 4.30. The van der Waals surface area contributed by atoms with Crippen LogP contribution >= 0.6 is 11.6 Å². The molecule has 1 saturated heterocycles. The maximum absolute atomic E-state index is 12.2. The van der Waals surface area contributed by atoms with E-state index in [4.69, 9.17) is 16.3 Å². The van der Waals surface area contributed by atoms with Crippen LogP contribution in [0.3, 0.4) is 0 Å². The number of carbonyl (C=O) groups excluding carboxylic acids is 1. The number of halogens is 1. The second kappa shape index (κ2) is 8.29. The zero-order valence-electron chi connectivity index (χ0n) is 13.3. The van der Waals surface area contributed by atoms with Gasteiger partial charge in [0, 0.05) is 36.6 Å². The zero-order chi connectivity index (χ0) is 17.6. The van der Waals surface area contributed by atoms with Crippen molar-refractivity contribution in [3.8, 4) is 0 Å². The Labute approximate surface area is 147 Å². The Morgan fingerprint density at radius 1 is 1.33 bits per heavy atom. The number of aliphatic hydroxyl groups excluding tert-OH is 1. The van der Waals surface area contributed by atoms with Crippen LogP contribution in [0.5, 0.6) is 0 Å². The second-order valence-electron chi connectivity index (χ2n) is 6.07. The average Bonchev–Trinajstić information content (AvgIpc) is 2.59. The number of hydrogen-bond acceptors (Lipinski definition) is 5. The summed E-state index contributed by atoms with van der Waals surface area (Å²) in [7, 11) is -3.56. The number of ether oxygens (including phenoxy) is 1. The van der Waals surface area contributed by atoms with E-state index in [-0.39, 0.29) is 35.0 Å². The van der Waals surface area contributed by atoms with Gasteiger partial charge in [0.25, 0.3) is 0 Å². The summed E-state index contributed by atoms with van der Waals surface area (Å²) in [4.78, 5) is 12.1. The summed E-state index contributed by atoms with van der Waals surface area (Å²) in [5.41, 5.74) is -0.375. The van der Waals surface area contributed by atoms with E-state index in [0.717, 1.165) is 0 Å². The molecule has 1 aromatic carbocycles. The molecule has 1 amide bonds. The molecule has 0 saturated carbocycles. The molecule has 0 aromatic heterocycles. The molecule has 1 aromatic rings. The normalized spacial score (nSPS) is 17.4. The summed E-state index contributed by atoms with van der Waals surface area (Å²) in [6, 6.07) is 5.99. The number of aliphatic hydroxyl groups is 1. The predicted molar refractivity (Wildman–Crippen MR) is 90.7 cm³/mol. The predicted octanol–water partition coefficient (Wildman–Crippen LogP) is 1.41. The highest BCUT2D eigenvalue weighted by molar-refractivity contribution is 7.91. The lowest BCUT2D eigenvalue weighted by molar-refractivity contribution is -0.122. The largest absolute Gasteiger partial charge is 0.396 e. The maximum Gasteiger partial charge on any atom is 0.221 e. The van der Waals surface area contributed by atoms with E-state index in [1.165, 1.54) is 12.1 Å². The molecule has 6 nitrogen and oxygen atoms in total. The lowest BCUT2D eigenvalue weighted by atomic mass is 9.81. The van der Waals surface area contributed by atoms with Crippen molar-refractivity contribution < 1.29 is 23.1 Å². The number of rotatable bonds is 7. The number of carbonyl (C=O) groups is 1. The molecule has 0 atom stereocenters. The topological polar surface area (TPSA) is 92.7 Å². The summed E-state index contributed by atoms with van der Waals surface area (Å²) in [5.74, 6) is -0.631. The molecule has 24 heavy (non-hydrogen) atoms. The highest BCUT2D eigenvalue weighted by Gasteiger charge is 2.32. The Balaban J connectivity index is 1.86. The molecule has 1 heterocycles. The molecule has 2 rings (SSSR count). The summed E-state index contributed by atoms with van der Waals surface area (Å²) in [6.45, 7) is 1.40. The van der Waals surface area contributed by atoms with Gasteiger partial charge in [-0.15, -0.1) is 0 Å². The fourth-order valence-electron chi connectivity index (χ4n) is 2.58. The number of hydrogen-bond donors (Lipinski definition) is 2.